The van der Waals surface area contributed by atoms with E-state index in [1.165, 1.54) is 0 Å². The molecule has 2 aromatic heterocycles. The molecule has 0 fully saturated rings. The van der Waals surface area contributed by atoms with Crippen molar-refractivity contribution < 1.29 is 4.79 Å². The Morgan fingerprint density at radius 2 is 2.33 bits per heavy atom. The zero-order valence-corrected chi connectivity index (χ0v) is 11.2. The van der Waals surface area contributed by atoms with Crippen molar-refractivity contribution in [1.82, 2.24) is 25.3 Å². The molecule has 0 aromatic carbocycles. The summed E-state index contributed by atoms with van der Waals surface area (Å²) in [7, 11) is 0. The lowest BCUT2D eigenvalue weighted by molar-refractivity contribution is -0.120. The predicted octanol–water partition coefficient (Wildman–Crippen LogP) is 0.710. The number of hydrogen-bond acceptors (Lipinski definition) is 5. The Hall–Kier alpha value is -1.76. The summed E-state index contributed by atoms with van der Waals surface area (Å²) in [5, 5.41) is 11.4. The second kappa shape index (κ2) is 5.72. The van der Waals surface area contributed by atoms with E-state index in [9.17, 15) is 4.79 Å². The van der Waals surface area contributed by atoms with E-state index in [-0.39, 0.29) is 5.91 Å². The third-order valence-electron chi connectivity index (χ3n) is 2.46. The topological polar surface area (TPSA) is 72.7 Å². The first-order valence-electron chi connectivity index (χ1n) is 5.69. The quantitative estimate of drug-likeness (QED) is 0.864. The largest absolute Gasteiger partial charge is 0.354 e. The smallest absolute Gasteiger partial charge is 0.225 e. The Morgan fingerprint density at radius 3 is 2.94 bits per heavy atom. The van der Waals surface area contributed by atoms with Gasteiger partial charge in [0.1, 0.15) is 0 Å². The Bertz CT molecular complexity index is 520. The molecule has 6 nitrogen and oxygen atoms in total. The molecule has 2 heterocycles. The summed E-state index contributed by atoms with van der Waals surface area (Å²) in [5.41, 5.74) is 0.948. The second-order valence-corrected chi connectivity index (χ2v) is 5.22. The first-order valence-corrected chi connectivity index (χ1v) is 6.50. The van der Waals surface area contributed by atoms with Crippen LogP contribution in [0.2, 0.25) is 0 Å². The van der Waals surface area contributed by atoms with Crippen molar-refractivity contribution in [2.24, 2.45) is 0 Å². The van der Waals surface area contributed by atoms with Gasteiger partial charge in [-0.3, -0.25) is 9.48 Å². The van der Waals surface area contributed by atoms with Crippen molar-refractivity contribution in [3.63, 3.8) is 0 Å². The summed E-state index contributed by atoms with van der Waals surface area (Å²) in [6.07, 6.45) is 3.78. The lowest BCUT2D eigenvalue weighted by atomic mass is 10.3. The van der Waals surface area contributed by atoms with Gasteiger partial charge in [0, 0.05) is 17.6 Å². The SMILES string of the molecule is Cc1nc(C)c(CC(=O)NCCn2ccnn2)s1. The number of aryl methyl sites for hydroxylation is 2. The maximum Gasteiger partial charge on any atom is 0.225 e. The van der Waals surface area contributed by atoms with Crippen molar-refractivity contribution in [2.45, 2.75) is 26.8 Å². The van der Waals surface area contributed by atoms with Crippen molar-refractivity contribution in [2.75, 3.05) is 6.54 Å². The molecule has 0 spiro atoms. The number of hydrogen-bond donors (Lipinski definition) is 1. The average Bonchev–Trinajstić information content (AvgIpc) is 2.90. The monoisotopic (exact) mass is 265 g/mol. The number of nitrogens with one attached hydrogen (secondary N) is 1. The zero-order valence-electron chi connectivity index (χ0n) is 10.4. The van der Waals surface area contributed by atoms with Crippen molar-refractivity contribution in [1.29, 1.82) is 0 Å². The van der Waals surface area contributed by atoms with E-state index < -0.39 is 0 Å². The summed E-state index contributed by atoms with van der Waals surface area (Å²) >= 11 is 1.57. The summed E-state index contributed by atoms with van der Waals surface area (Å²) in [4.78, 5) is 17.1. The summed E-state index contributed by atoms with van der Waals surface area (Å²) in [6, 6.07) is 0. The normalized spacial score (nSPS) is 10.6. The minimum absolute atomic E-state index is 0.0156. The van der Waals surface area contributed by atoms with Crippen LogP contribution in [0, 0.1) is 13.8 Å². The molecule has 0 aliphatic carbocycles. The third-order valence-corrected chi connectivity index (χ3v) is 3.53. The van der Waals surface area contributed by atoms with Crippen LogP contribution in [-0.4, -0.2) is 32.4 Å². The molecule has 0 saturated heterocycles. The molecule has 1 N–H and O–H groups in total. The minimum atomic E-state index is 0.0156. The highest BCUT2D eigenvalue weighted by Gasteiger charge is 2.09. The van der Waals surface area contributed by atoms with Crippen molar-refractivity contribution in [3.05, 3.63) is 28.0 Å². The average molecular weight is 265 g/mol. The molecule has 0 atom stereocenters. The van der Waals surface area contributed by atoms with Crippen LogP contribution in [0.3, 0.4) is 0 Å². The Balaban J connectivity index is 1.77. The van der Waals surface area contributed by atoms with Gasteiger partial charge in [0.25, 0.3) is 0 Å². The van der Waals surface area contributed by atoms with E-state index >= 15 is 0 Å². The number of aromatic nitrogens is 4. The highest BCUT2D eigenvalue weighted by atomic mass is 32.1. The first kappa shape index (κ1) is 12.7. The third kappa shape index (κ3) is 3.36. The highest BCUT2D eigenvalue weighted by Crippen LogP contribution is 2.17. The second-order valence-electron chi connectivity index (χ2n) is 3.93. The molecule has 7 heteroatoms. The molecular formula is C11H15N5OS. The van der Waals surface area contributed by atoms with Gasteiger partial charge in [-0.15, -0.1) is 16.4 Å². The number of amides is 1. The van der Waals surface area contributed by atoms with E-state index in [1.54, 1.807) is 28.4 Å². The molecule has 96 valence electrons. The maximum absolute atomic E-state index is 11.7. The van der Waals surface area contributed by atoms with Gasteiger partial charge in [-0.25, -0.2) is 4.98 Å². The molecule has 0 radical (unpaired) electrons. The summed E-state index contributed by atoms with van der Waals surface area (Å²) < 4.78 is 1.68. The first-order chi connectivity index (χ1) is 8.65. The lowest BCUT2D eigenvalue weighted by Gasteiger charge is -2.04. The molecule has 0 aliphatic heterocycles. The molecule has 0 bridgehead atoms. The molecule has 0 unspecified atom stereocenters. The fourth-order valence-electron chi connectivity index (χ4n) is 1.61. The molecule has 0 aliphatic rings. The Labute approximate surface area is 109 Å². The van der Waals surface area contributed by atoms with Gasteiger partial charge < -0.3 is 5.32 Å². The van der Waals surface area contributed by atoms with Gasteiger partial charge in [-0.05, 0) is 13.8 Å². The van der Waals surface area contributed by atoms with Gasteiger partial charge in [0.2, 0.25) is 5.91 Å². The van der Waals surface area contributed by atoms with E-state index in [2.05, 4.69) is 20.6 Å². The number of carbonyl (C=O) groups excluding carboxylic acids is 1. The van der Waals surface area contributed by atoms with Gasteiger partial charge in [0.05, 0.1) is 29.9 Å². The summed E-state index contributed by atoms with van der Waals surface area (Å²) in [6.45, 7) is 5.07. The van der Waals surface area contributed by atoms with Crippen molar-refractivity contribution >= 4 is 17.2 Å². The van der Waals surface area contributed by atoms with Crippen LogP contribution >= 0.6 is 11.3 Å². The Morgan fingerprint density at radius 1 is 1.50 bits per heavy atom. The molecule has 1 amide bonds. The molecule has 18 heavy (non-hydrogen) atoms. The number of nitrogens with zero attached hydrogens (tertiary/aromatic N) is 4. The standard InChI is InChI=1S/C11H15N5OS/c1-8-10(18-9(2)14-8)7-11(17)12-3-5-16-6-4-13-15-16/h4,6H,3,5,7H2,1-2H3,(H,12,17). The fourth-order valence-corrected chi connectivity index (χ4v) is 2.54. The zero-order chi connectivity index (χ0) is 13.0. The van der Waals surface area contributed by atoms with E-state index in [0.717, 1.165) is 15.6 Å². The molecule has 2 rings (SSSR count). The van der Waals surface area contributed by atoms with E-state index in [0.29, 0.717) is 19.5 Å². The van der Waals surface area contributed by atoms with E-state index in [1.807, 2.05) is 13.8 Å². The van der Waals surface area contributed by atoms with Gasteiger partial charge in [-0.2, -0.15) is 0 Å². The van der Waals surface area contributed by atoms with E-state index in [4.69, 9.17) is 0 Å². The lowest BCUT2D eigenvalue weighted by Crippen LogP contribution is -2.28. The van der Waals surface area contributed by atoms with Gasteiger partial charge in [-0.1, -0.05) is 5.21 Å². The summed E-state index contributed by atoms with van der Waals surface area (Å²) in [5.74, 6) is 0.0156. The number of rotatable bonds is 5. The molecule has 0 saturated carbocycles. The number of thiazole rings is 1. The van der Waals surface area contributed by atoms with Crippen LogP contribution in [0.25, 0.3) is 0 Å². The number of carbonyl (C=O) groups is 1. The minimum Gasteiger partial charge on any atom is -0.354 e. The maximum atomic E-state index is 11.7. The fraction of sp³-hybridized carbons (Fsp3) is 0.455. The van der Waals surface area contributed by atoms with Crippen LogP contribution in [0.5, 0.6) is 0 Å². The van der Waals surface area contributed by atoms with Crippen LogP contribution in [-0.2, 0) is 17.8 Å². The van der Waals surface area contributed by atoms with Crippen molar-refractivity contribution in [3.8, 4) is 0 Å². The van der Waals surface area contributed by atoms with Crippen LogP contribution < -0.4 is 5.32 Å². The highest BCUT2D eigenvalue weighted by molar-refractivity contribution is 7.11. The Kier molecular flexibility index (Phi) is 4.03. The van der Waals surface area contributed by atoms with Crippen LogP contribution in [0.15, 0.2) is 12.4 Å². The molecule has 2 aromatic rings. The van der Waals surface area contributed by atoms with Crippen LogP contribution in [0.4, 0.5) is 0 Å². The van der Waals surface area contributed by atoms with Gasteiger partial charge >= 0.3 is 0 Å². The molecular weight excluding hydrogens is 250 g/mol. The van der Waals surface area contributed by atoms with Gasteiger partial charge in [0.15, 0.2) is 0 Å². The van der Waals surface area contributed by atoms with Crippen LogP contribution in [0.1, 0.15) is 15.6 Å². The predicted molar refractivity (Wildman–Crippen MR) is 68.3 cm³/mol.